The third-order valence-electron chi connectivity index (χ3n) is 3.13. The maximum Gasteiger partial charge on any atom is 0.128 e. The van der Waals surface area contributed by atoms with Crippen LogP contribution in [0.4, 0.5) is 5.82 Å². The van der Waals surface area contributed by atoms with E-state index in [1.165, 1.54) is 6.42 Å². The molecular weight excluding hydrogens is 288 g/mol. The Balaban J connectivity index is 2.05. The van der Waals surface area contributed by atoms with Crippen molar-refractivity contribution in [3.05, 3.63) is 22.3 Å². The fraction of sp³-hybridized carbons (Fsp3) is 0.583. The second kappa shape index (κ2) is 5.37. The number of anilines is 1. The first-order valence-corrected chi connectivity index (χ1v) is 6.97. The molecule has 1 aromatic heterocycles. The number of pyridine rings is 1. The van der Waals surface area contributed by atoms with Gasteiger partial charge in [0.05, 0.1) is 5.69 Å². The maximum atomic E-state index is 5.78. The van der Waals surface area contributed by atoms with Crippen molar-refractivity contribution in [3.8, 4) is 0 Å². The van der Waals surface area contributed by atoms with E-state index in [-0.39, 0.29) is 0 Å². The number of halogens is 2. The molecule has 1 aliphatic heterocycles. The fourth-order valence-corrected chi connectivity index (χ4v) is 2.67. The highest BCUT2D eigenvalue weighted by atomic mass is 79.9. The first-order chi connectivity index (χ1) is 7.70. The third kappa shape index (κ3) is 2.69. The second-order valence-corrected chi connectivity index (χ2v) is 5.55. The Morgan fingerprint density at radius 2 is 2.38 bits per heavy atom. The highest BCUT2D eigenvalue weighted by molar-refractivity contribution is 9.10. The third-order valence-corrected chi connectivity index (χ3v) is 4.19. The largest absolute Gasteiger partial charge is 0.356 e. The lowest BCUT2D eigenvalue weighted by Gasteiger charge is -2.18. The van der Waals surface area contributed by atoms with Crippen molar-refractivity contribution >= 4 is 33.3 Å². The Bertz CT molecular complexity index is 370. The Kier molecular flexibility index (Phi) is 4.09. The summed E-state index contributed by atoms with van der Waals surface area (Å²) in [5, 5.41) is 0. The minimum atomic E-state index is 0.739. The minimum absolute atomic E-state index is 0.739. The highest BCUT2D eigenvalue weighted by Crippen LogP contribution is 2.26. The van der Waals surface area contributed by atoms with Crippen molar-refractivity contribution in [1.29, 1.82) is 0 Å². The Morgan fingerprint density at radius 3 is 3.06 bits per heavy atom. The zero-order valence-corrected chi connectivity index (χ0v) is 11.8. The van der Waals surface area contributed by atoms with Crippen LogP contribution in [0.15, 0.2) is 16.6 Å². The normalized spacial score (nSPS) is 20.4. The van der Waals surface area contributed by atoms with Gasteiger partial charge in [0.25, 0.3) is 0 Å². The average Bonchev–Trinajstić information content (AvgIpc) is 2.71. The molecule has 1 aliphatic rings. The summed E-state index contributed by atoms with van der Waals surface area (Å²) < 4.78 is 1.08. The van der Waals surface area contributed by atoms with Gasteiger partial charge in [-0.25, -0.2) is 4.98 Å². The van der Waals surface area contributed by atoms with Crippen molar-refractivity contribution in [2.24, 2.45) is 5.92 Å². The molecule has 2 nitrogen and oxygen atoms in total. The lowest BCUT2D eigenvalue weighted by atomic mass is 10.1. The van der Waals surface area contributed by atoms with Gasteiger partial charge in [-0.15, -0.1) is 11.6 Å². The number of alkyl halides is 1. The number of hydrogen-bond acceptors (Lipinski definition) is 2. The van der Waals surface area contributed by atoms with Crippen LogP contribution in [0.5, 0.6) is 0 Å². The van der Waals surface area contributed by atoms with Crippen LogP contribution in [-0.4, -0.2) is 24.0 Å². The molecule has 16 heavy (non-hydrogen) atoms. The van der Waals surface area contributed by atoms with Gasteiger partial charge < -0.3 is 4.90 Å². The topological polar surface area (TPSA) is 16.1 Å². The lowest BCUT2D eigenvalue weighted by molar-refractivity contribution is 0.572. The summed E-state index contributed by atoms with van der Waals surface area (Å²) in [6, 6.07) is 4.16. The molecular formula is C12H16BrClN2. The van der Waals surface area contributed by atoms with Crippen LogP contribution in [0.2, 0.25) is 0 Å². The molecule has 0 spiro atoms. The van der Waals surface area contributed by atoms with Crippen molar-refractivity contribution in [3.63, 3.8) is 0 Å². The van der Waals surface area contributed by atoms with Gasteiger partial charge in [0.15, 0.2) is 0 Å². The van der Waals surface area contributed by atoms with Gasteiger partial charge in [0, 0.05) is 23.4 Å². The van der Waals surface area contributed by atoms with Crippen molar-refractivity contribution in [2.45, 2.75) is 19.8 Å². The van der Waals surface area contributed by atoms with Crippen LogP contribution >= 0.6 is 27.5 Å². The van der Waals surface area contributed by atoms with Gasteiger partial charge >= 0.3 is 0 Å². The number of nitrogens with zero attached hydrogens (tertiary/aromatic N) is 2. The van der Waals surface area contributed by atoms with Crippen LogP contribution < -0.4 is 4.90 Å². The van der Waals surface area contributed by atoms with Gasteiger partial charge in [-0.1, -0.05) is 0 Å². The number of rotatable bonds is 3. The molecule has 88 valence electrons. The van der Waals surface area contributed by atoms with Gasteiger partial charge in [0.1, 0.15) is 5.82 Å². The van der Waals surface area contributed by atoms with Gasteiger partial charge in [-0.3, -0.25) is 0 Å². The monoisotopic (exact) mass is 302 g/mol. The Hall–Kier alpha value is -0.280. The first-order valence-electron chi connectivity index (χ1n) is 5.64. The standard InChI is InChI=1S/C12H16BrClN2/c1-9-11(13)2-3-12(15-9)16-7-5-10(8-16)4-6-14/h2-3,10H,4-8H2,1H3. The molecule has 1 saturated heterocycles. The molecule has 0 aromatic carbocycles. The summed E-state index contributed by atoms with van der Waals surface area (Å²) in [5.74, 6) is 2.60. The van der Waals surface area contributed by atoms with Crippen molar-refractivity contribution < 1.29 is 0 Å². The maximum absolute atomic E-state index is 5.78. The first kappa shape index (κ1) is 12.2. The summed E-state index contributed by atoms with van der Waals surface area (Å²) in [4.78, 5) is 6.95. The molecule has 0 amide bonds. The molecule has 1 atom stereocenters. The lowest BCUT2D eigenvalue weighted by Crippen LogP contribution is -2.21. The molecule has 1 fully saturated rings. The highest BCUT2D eigenvalue weighted by Gasteiger charge is 2.22. The van der Waals surface area contributed by atoms with Gasteiger partial charge in [-0.05, 0) is 53.7 Å². The average molecular weight is 304 g/mol. The smallest absolute Gasteiger partial charge is 0.128 e. The van der Waals surface area contributed by atoms with Crippen LogP contribution in [-0.2, 0) is 0 Å². The van der Waals surface area contributed by atoms with Gasteiger partial charge in [-0.2, -0.15) is 0 Å². The summed E-state index contributed by atoms with van der Waals surface area (Å²) in [5.41, 5.74) is 1.05. The number of aryl methyl sites for hydroxylation is 1. The molecule has 0 bridgehead atoms. The molecule has 2 rings (SSSR count). The SMILES string of the molecule is Cc1nc(N2CCC(CCCl)C2)ccc1Br. The van der Waals surface area contributed by atoms with Crippen molar-refractivity contribution in [2.75, 3.05) is 23.9 Å². The predicted molar refractivity (Wildman–Crippen MR) is 72.3 cm³/mol. The van der Waals surface area contributed by atoms with E-state index >= 15 is 0 Å². The van der Waals surface area contributed by atoms with Crippen LogP contribution in [0.3, 0.4) is 0 Å². The van der Waals surface area contributed by atoms with E-state index in [0.717, 1.165) is 47.3 Å². The quantitative estimate of drug-likeness (QED) is 0.793. The van der Waals surface area contributed by atoms with E-state index in [0.29, 0.717) is 0 Å². The molecule has 0 aliphatic carbocycles. The molecule has 2 heterocycles. The zero-order valence-electron chi connectivity index (χ0n) is 9.42. The van der Waals surface area contributed by atoms with E-state index in [2.05, 4.69) is 37.9 Å². The number of aromatic nitrogens is 1. The molecule has 1 aromatic rings. The van der Waals surface area contributed by atoms with Crippen molar-refractivity contribution in [1.82, 2.24) is 4.98 Å². The van der Waals surface area contributed by atoms with E-state index in [9.17, 15) is 0 Å². The fourth-order valence-electron chi connectivity index (χ4n) is 2.14. The summed E-state index contributed by atoms with van der Waals surface area (Å²) in [7, 11) is 0. The van der Waals surface area contributed by atoms with E-state index in [1.54, 1.807) is 0 Å². The Labute approximate surface area is 110 Å². The summed E-state index contributed by atoms with van der Waals surface area (Å²) in [6.07, 6.45) is 2.36. The molecule has 0 N–H and O–H groups in total. The van der Waals surface area contributed by atoms with Crippen LogP contribution in [0.25, 0.3) is 0 Å². The van der Waals surface area contributed by atoms with E-state index < -0.39 is 0 Å². The summed E-state index contributed by atoms with van der Waals surface area (Å²) >= 11 is 9.26. The van der Waals surface area contributed by atoms with E-state index in [4.69, 9.17) is 11.6 Å². The molecule has 0 radical (unpaired) electrons. The van der Waals surface area contributed by atoms with Crippen LogP contribution in [0, 0.1) is 12.8 Å². The predicted octanol–water partition coefficient (Wildman–Crippen LogP) is 3.61. The number of hydrogen-bond donors (Lipinski definition) is 0. The zero-order chi connectivity index (χ0) is 11.5. The second-order valence-electron chi connectivity index (χ2n) is 4.32. The Morgan fingerprint density at radius 1 is 1.56 bits per heavy atom. The van der Waals surface area contributed by atoms with E-state index in [1.807, 2.05) is 6.92 Å². The molecule has 0 saturated carbocycles. The van der Waals surface area contributed by atoms with Gasteiger partial charge in [0.2, 0.25) is 0 Å². The minimum Gasteiger partial charge on any atom is -0.356 e. The molecule has 1 unspecified atom stereocenters. The molecule has 4 heteroatoms. The van der Waals surface area contributed by atoms with Crippen LogP contribution in [0.1, 0.15) is 18.5 Å². The summed E-state index contributed by atoms with van der Waals surface area (Å²) in [6.45, 7) is 4.23.